The van der Waals surface area contributed by atoms with Crippen LogP contribution in [0, 0.1) is 0 Å². The lowest BCUT2D eigenvalue weighted by atomic mass is 9.98. The Kier molecular flexibility index (Phi) is 17.9. The maximum atomic E-state index is 12.9. The number of rotatable bonds is 24. The second-order valence-electron chi connectivity index (χ2n) is 15.1. The molecule has 3 atom stereocenters. The Balaban J connectivity index is 1.32. The number of nitrogens with zero attached hydrogens (tertiary/aromatic N) is 1. The van der Waals surface area contributed by atoms with Crippen LogP contribution < -0.4 is 4.72 Å². The maximum absolute atomic E-state index is 12.9. The highest BCUT2D eigenvalue weighted by Crippen LogP contribution is 2.39. The second-order valence-corrected chi connectivity index (χ2v) is 16.9. The predicted molar refractivity (Wildman–Crippen MR) is 224 cm³/mol. The number of hydrogen-bond donors (Lipinski definition) is 2. The van der Waals surface area contributed by atoms with E-state index in [2.05, 4.69) is 53.8 Å². The third-order valence-electron chi connectivity index (χ3n) is 10.7. The molecule has 0 unspecified atom stereocenters. The van der Waals surface area contributed by atoms with Gasteiger partial charge in [-0.2, -0.15) is 0 Å². The zero-order valence-corrected chi connectivity index (χ0v) is 34.0. The van der Waals surface area contributed by atoms with Crippen LogP contribution >= 0.6 is 0 Å². The molecule has 4 aromatic carbocycles. The van der Waals surface area contributed by atoms with Crippen LogP contribution in [0.15, 0.2) is 108 Å². The summed E-state index contributed by atoms with van der Waals surface area (Å²) in [6.45, 7) is 7.80. The van der Waals surface area contributed by atoms with Crippen molar-refractivity contribution < 1.29 is 23.0 Å². The van der Waals surface area contributed by atoms with Crippen LogP contribution in [-0.2, 0) is 32.6 Å². The topological polar surface area (TPSA) is 88.1 Å². The van der Waals surface area contributed by atoms with Gasteiger partial charge in [0.2, 0.25) is 10.0 Å². The Labute approximate surface area is 331 Å². The Hall–Kier alpha value is -3.37. The first-order chi connectivity index (χ1) is 26.9. The van der Waals surface area contributed by atoms with Crippen LogP contribution in [0.1, 0.15) is 132 Å². The molecule has 55 heavy (non-hydrogen) atoms. The van der Waals surface area contributed by atoms with Crippen LogP contribution in [0.2, 0.25) is 0 Å². The Morgan fingerprint density at radius 3 is 1.93 bits per heavy atom. The predicted octanol–water partition coefficient (Wildman–Crippen LogP) is 10.9. The molecule has 1 aliphatic heterocycles. The van der Waals surface area contributed by atoms with Gasteiger partial charge in [-0.1, -0.05) is 157 Å². The minimum Gasteiger partial charge on any atom is -0.392 e. The monoisotopic (exact) mass is 768 g/mol. The number of ether oxygens (including phenoxy) is 2. The van der Waals surface area contributed by atoms with E-state index in [4.69, 9.17) is 9.47 Å². The molecular formula is C47H64N2O5S. The minimum atomic E-state index is -3.62. The normalized spacial score (nSPS) is 17.5. The molecular weight excluding hydrogens is 705 g/mol. The fraction of sp³-hybridized carbons (Fsp3) is 0.489. The van der Waals surface area contributed by atoms with Crippen molar-refractivity contribution in [1.29, 1.82) is 0 Å². The van der Waals surface area contributed by atoms with Crippen molar-refractivity contribution >= 4 is 10.0 Å². The molecule has 0 aromatic heterocycles. The molecule has 0 amide bonds. The smallest absolute Gasteiger partial charge is 0.240 e. The largest absolute Gasteiger partial charge is 0.392 e. The molecule has 1 fully saturated rings. The van der Waals surface area contributed by atoms with Gasteiger partial charge in [0.05, 0.1) is 23.7 Å². The Bertz CT molecular complexity index is 1770. The lowest BCUT2D eigenvalue weighted by molar-refractivity contribution is -0.253. The molecule has 0 saturated carbocycles. The standard InChI is InChI=1S/C47H64N2O5S/c1-3-5-7-9-11-16-30-49(31-17-12-10-8-6-4-2)36-44-34-46(40-28-26-38(37-50)27-29-40)54-47(53-44)43-23-19-22-42(33-43)41-21-18-20-39(32-41)35-48-55(51,52)45-24-14-13-15-25-45/h13-15,18-29,32-33,44,46-48,50H,3-12,16-17,30-31,34-37H2,1-2H3/t44-,46+,47+/m0/s1. The summed E-state index contributed by atoms with van der Waals surface area (Å²) in [7, 11) is -3.62. The van der Waals surface area contributed by atoms with E-state index in [1.54, 1.807) is 30.3 Å². The van der Waals surface area contributed by atoms with Crippen LogP contribution in [-0.4, -0.2) is 44.2 Å². The molecule has 5 rings (SSSR count). The maximum Gasteiger partial charge on any atom is 0.240 e. The van der Waals surface area contributed by atoms with Gasteiger partial charge in [-0.05, 0) is 78.0 Å². The van der Waals surface area contributed by atoms with Gasteiger partial charge in [-0.3, -0.25) is 0 Å². The lowest BCUT2D eigenvalue weighted by Crippen LogP contribution is -2.40. The summed E-state index contributed by atoms with van der Waals surface area (Å²) in [5.74, 6) is 0. The molecule has 1 aliphatic rings. The van der Waals surface area contributed by atoms with Crippen molar-refractivity contribution in [2.75, 3.05) is 19.6 Å². The van der Waals surface area contributed by atoms with Crippen molar-refractivity contribution in [1.82, 2.24) is 9.62 Å². The first-order valence-electron chi connectivity index (χ1n) is 20.9. The minimum absolute atomic E-state index is 0.00827. The summed E-state index contributed by atoms with van der Waals surface area (Å²) in [5, 5.41) is 9.70. The Morgan fingerprint density at radius 2 is 1.27 bits per heavy atom. The fourth-order valence-corrected chi connectivity index (χ4v) is 8.47. The fourth-order valence-electron chi connectivity index (χ4n) is 7.43. The van der Waals surface area contributed by atoms with Crippen LogP contribution in [0.5, 0.6) is 0 Å². The van der Waals surface area contributed by atoms with Gasteiger partial charge in [0.1, 0.15) is 0 Å². The summed E-state index contributed by atoms with van der Waals surface area (Å²) in [4.78, 5) is 2.90. The van der Waals surface area contributed by atoms with E-state index in [1.165, 1.54) is 77.0 Å². The van der Waals surface area contributed by atoms with E-state index in [0.29, 0.717) is 0 Å². The molecule has 2 N–H and O–H groups in total. The highest BCUT2D eigenvalue weighted by atomic mass is 32.2. The van der Waals surface area contributed by atoms with Crippen molar-refractivity contribution in [3.05, 3.63) is 125 Å². The zero-order valence-electron chi connectivity index (χ0n) is 33.2. The third-order valence-corrected chi connectivity index (χ3v) is 12.1. The number of nitrogens with one attached hydrogen (secondary N) is 1. The first kappa shape index (κ1) is 42.8. The molecule has 0 spiro atoms. The van der Waals surface area contributed by atoms with Crippen LogP contribution in [0.4, 0.5) is 0 Å². The van der Waals surface area contributed by atoms with E-state index in [-0.39, 0.29) is 30.3 Å². The van der Waals surface area contributed by atoms with Gasteiger partial charge in [0.15, 0.2) is 6.29 Å². The summed E-state index contributed by atoms with van der Waals surface area (Å²) in [6.07, 6.45) is 15.5. The summed E-state index contributed by atoms with van der Waals surface area (Å²) >= 11 is 0. The van der Waals surface area contributed by atoms with Gasteiger partial charge < -0.3 is 19.5 Å². The molecule has 8 heteroatoms. The molecule has 7 nitrogen and oxygen atoms in total. The molecule has 0 bridgehead atoms. The molecule has 1 saturated heterocycles. The zero-order chi connectivity index (χ0) is 38.7. The van der Waals surface area contributed by atoms with Crippen molar-refractivity contribution in [2.24, 2.45) is 0 Å². The van der Waals surface area contributed by atoms with Crippen molar-refractivity contribution in [3.8, 4) is 11.1 Å². The van der Waals surface area contributed by atoms with Crippen molar-refractivity contribution in [3.63, 3.8) is 0 Å². The van der Waals surface area contributed by atoms with E-state index in [0.717, 1.165) is 59.4 Å². The van der Waals surface area contributed by atoms with E-state index < -0.39 is 16.3 Å². The van der Waals surface area contributed by atoms with Gasteiger partial charge in [0.25, 0.3) is 0 Å². The van der Waals surface area contributed by atoms with E-state index in [1.807, 2.05) is 42.5 Å². The highest BCUT2D eigenvalue weighted by molar-refractivity contribution is 7.89. The quantitative estimate of drug-likeness (QED) is 0.0690. The van der Waals surface area contributed by atoms with Gasteiger partial charge in [-0.25, -0.2) is 13.1 Å². The first-order valence-corrected chi connectivity index (χ1v) is 22.3. The van der Waals surface area contributed by atoms with Gasteiger partial charge >= 0.3 is 0 Å². The Morgan fingerprint density at radius 1 is 0.655 bits per heavy atom. The average molecular weight is 769 g/mol. The molecule has 1 heterocycles. The van der Waals surface area contributed by atoms with Crippen LogP contribution in [0.3, 0.4) is 0 Å². The third kappa shape index (κ3) is 14.0. The van der Waals surface area contributed by atoms with E-state index >= 15 is 0 Å². The number of aliphatic hydroxyl groups is 1. The molecule has 0 radical (unpaired) electrons. The molecule has 298 valence electrons. The summed E-state index contributed by atoms with van der Waals surface area (Å²) < 4.78 is 42.1. The van der Waals surface area contributed by atoms with E-state index in [9.17, 15) is 13.5 Å². The number of benzene rings is 4. The second kappa shape index (κ2) is 23.0. The summed E-state index contributed by atoms with van der Waals surface area (Å²) in [6, 6.07) is 32.9. The van der Waals surface area contributed by atoms with Crippen molar-refractivity contribution in [2.45, 2.75) is 134 Å². The number of hydrogen-bond acceptors (Lipinski definition) is 6. The highest BCUT2D eigenvalue weighted by Gasteiger charge is 2.33. The molecule has 0 aliphatic carbocycles. The SMILES string of the molecule is CCCCCCCCN(CCCCCCCC)C[C@@H]1C[C@H](c2ccc(CO)cc2)O[C@H](c2cccc(-c3cccc(CNS(=O)(=O)c4ccccc4)c3)c2)O1. The van der Waals surface area contributed by atoms with Gasteiger partial charge in [0, 0.05) is 25.1 Å². The van der Waals surface area contributed by atoms with Gasteiger partial charge in [-0.15, -0.1) is 0 Å². The summed E-state index contributed by atoms with van der Waals surface area (Å²) in [5.41, 5.74) is 5.80. The number of unbranched alkanes of at least 4 members (excludes halogenated alkanes) is 10. The number of aliphatic hydroxyl groups excluding tert-OH is 1. The number of sulfonamides is 1. The van der Waals surface area contributed by atoms with Crippen LogP contribution in [0.25, 0.3) is 11.1 Å². The average Bonchev–Trinajstić information content (AvgIpc) is 3.23. The molecule has 4 aromatic rings. The lowest BCUT2D eigenvalue weighted by Gasteiger charge is -2.38.